The van der Waals surface area contributed by atoms with E-state index in [0.29, 0.717) is 0 Å². The van der Waals surface area contributed by atoms with Gasteiger partial charge in [-0.1, -0.05) is 30.3 Å². The van der Waals surface area contributed by atoms with Crippen molar-refractivity contribution in [3.8, 4) is 33.5 Å². The van der Waals surface area contributed by atoms with E-state index < -0.39 is 0 Å². The maximum atomic E-state index is 5.76. The van der Waals surface area contributed by atoms with Crippen LogP contribution < -0.4 is 5.14 Å². The molecule has 0 saturated carbocycles. The number of rotatable bonds is 4. The number of aryl methyl sites for hydroxylation is 2. The third-order valence-electron chi connectivity index (χ3n) is 5.27. The first-order valence-corrected chi connectivity index (χ1v) is 9.99. The minimum atomic E-state index is 0.926. The predicted molar refractivity (Wildman–Crippen MR) is 116 cm³/mol. The Morgan fingerprint density at radius 3 is 2.29 bits per heavy atom. The van der Waals surface area contributed by atoms with Crippen LogP contribution in [0.4, 0.5) is 0 Å². The molecule has 2 aromatic carbocycles. The summed E-state index contributed by atoms with van der Waals surface area (Å²) in [5, 5.41) is 17.7. The number of aromatic amines is 1. The molecule has 0 radical (unpaired) electrons. The maximum absolute atomic E-state index is 5.76. The fourth-order valence-corrected chi connectivity index (χ4v) is 4.06. The molecule has 4 aromatic rings. The molecule has 0 saturated heterocycles. The van der Waals surface area contributed by atoms with E-state index in [1.165, 1.54) is 34.2 Å². The summed E-state index contributed by atoms with van der Waals surface area (Å²) in [6.45, 7) is 6.32. The van der Waals surface area contributed by atoms with Crippen molar-refractivity contribution < 1.29 is 0 Å². The summed E-state index contributed by atoms with van der Waals surface area (Å²) in [6.07, 6.45) is 3.83. The number of aromatic nitrogens is 4. The van der Waals surface area contributed by atoms with Crippen molar-refractivity contribution in [2.75, 3.05) is 0 Å². The summed E-state index contributed by atoms with van der Waals surface area (Å²) in [6, 6.07) is 12.9. The van der Waals surface area contributed by atoms with Crippen molar-refractivity contribution in [3.05, 3.63) is 65.6 Å². The highest BCUT2D eigenvalue weighted by Gasteiger charge is 2.16. The van der Waals surface area contributed by atoms with Gasteiger partial charge in [-0.15, -0.1) is 0 Å². The predicted octanol–water partition coefficient (Wildman–Crippen LogP) is 5.04. The molecular weight excluding hydrogens is 366 g/mol. The molecule has 0 fully saturated rings. The number of nitrogens with one attached hydrogen (secondary N) is 1. The van der Waals surface area contributed by atoms with Gasteiger partial charge < -0.3 is 0 Å². The van der Waals surface area contributed by atoms with Gasteiger partial charge in [0.2, 0.25) is 0 Å². The summed E-state index contributed by atoms with van der Waals surface area (Å²) in [4.78, 5) is 1.12. The Bertz CT molecular complexity index is 1140. The van der Waals surface area contributed by atoms with Crippen LogP contribution in [0.5, 0.6) is 0 Å². The maximum Gasteiger partial charge on any atom is 0.103 e. The van der Waals surface area contributed by atoms with E-state index in [1.807, 2.05) is 26.4 Å². The molecule has 28 heavy (non-hydrogen) atoms. The lowest BCUT2D eigenvalue weighted by Crippen LogP contribution is -1.92. The van der Waals surface area contributed by atoms with Gasteiger partial charge in [-0.05, 0) is 66.6 Å². The van der Waals surface area contributed by atoms with Crippen LogP contribution in [-0.2, 0) is 7.05 Å². The molecule has 0 aliphatic carbocycles. The molecule has 0 unspecified atom stereocenters. The molecule has 0 spiro atoms. The van der Waals surface area contributed by atoms with Gasteiger partial charge in [-0.2, -0.15) is 10.2 Å². The minimum Gasteiger partial charge on any atom is -0.282 e. The molecule has 5 nitrogen and oxygen atoms in total. The van der Waals surface area contributed by atoms with E-state index in [0.717, 1.165) is 33.0 Å². The number of hydrogen-bond acceptors (Lipinski definition) is 4. The van der Waals surface area contributed by atoms with Crippen LogP contribution in [0.1, 0.15) is 16.8 Å². The van der Waals surface area contributed by atoms with Crippen LogP contribution in [-0.4, -0.2) is 20.0 Å². The van der Waals surface area contributed by atoms with Gasteiger partial charge in [0, 0.05) is 35.0 Å². The van der Waals surface area contributed by atoms with Crippen molar-refractivity contribution in [2.24, 2.45) is 12.2 Å². The smallest absolute Gasteiger partial charge is 0.103 e. The van der Waals surface area contributed by atoms with E-state index in [2.05, 4.69) is 65.5 Å². The highest BCUT2D eigenvalue weighted by Crippen LogP contribution is 2.35. The summed E-state index contributed by atoms with van der Waals surface area (Å²) in [5.41, 5.74) is 10.2. The summed E-state index contributed by atoms with van der Waals surface area (Å²) >= 11 is 1.30. The first-order chi connectivity index (χ1) is 13.5. The van der Waals surface area contributed by atoms with Crippen LogP contribution >= 0.6 is 11.9 Å². The minimum absolute atomic E-state index is 0.926. The molecule has 0 aliphatic rings. The second kappa shape index (κ2) is 7.30. The van der Waals surface area contributed by atoms with Crippen molar-refractivity contribution in [3.63, 3.8) is 0 Å². The highest BCUT2D eigenvalue weighted by molar-refractivity contribution is 7.97. The van der Waals surface area contributed by atoms with E-state index in [1.54, 1.807) is 4.68 Å². The number of hydrogen-bond donors (Lipinski definition) is 2. The Kier molecular flexibility index (Phi) is 4.83. The van der Waals surface area contributed by atoms with Gasteiger partial charge in [0.15, 0.2) is 0 Å². The summed E-state index contributed by atoms with van der Waals surface area (Å²) in [5.74, 6) is 0. The Hall–Kier alpha value is -2.83. The van der Waals surface area contributed by atoms with Crippen LogP contribution in [0.2, 0.25) is 0 Å². The van der Waals surface area contributed by atoms with Crippen molar-refractivity contribution in [1.82, 2.24) is 20.0 Å². The van der Waals surface area contributed by atoms with Crippen LogP contribution in [0, 0.1) is 20.8 Å². The third kappa shape index (κ3) is 3.15. The van der Waals surface area contributed by atoms with Crippen LogP contribution in [0.3, 0.4) is 0 Å². The lowest BCUT2D eigenvalue weighted by molar-refractivity contribution is 0.768. The highest BCUT2D eigenvalue weighted by atomic mass is 32.2. The fourth-order valence-electron chi connectivity index (χ4n) is 3.59. The normalized spacial score (nSPS) is 11.2. The molecule has 4 rings (SSSR count). The lowest BCUT2D eigenvalue weighted by Gasteiger charge is -2.13. The molecule has 0 bridgehead atoms. The zero-order chi connectivity index (χ0) is 19.8. The molecule has 2 heterocycles. The second-order valence-corrected chi connectivity index (χ2v) is 7.71. The zero-order valence-corrected chi connectivity index (χ0v) is 17.3. The SMILES string of the molecule is Cc1[nH]nc(-c2cnn(C)c2)c1-c1ccc(-c2ccc(SN)c(C)c2C)cc1. The molecule has 142 valence electrons. The van der Waals surface area contributed by atoms with Crippen molar-refractivity contribution in [1.29, 1.82) is 0 Å². The Labute approximate surface area is 169 Å². The van der Waals surface area contributed by atoms with Crippen LogP contribution in [0.25, 0.3) is 33.5 Å². The van der Waals surface area contributed by atoms with Crippen molar-refractivity contribution >= 4 is 11.9 Å². The monoisotopic (exact) mass is 389 g/mol. The Morgan fingerprint density at radius 2 is 1.64 bits per heavy atom. The molecule has 6 heteroatoms. The van der Waals surface area contributed by atoms with Gasteiger partial charge in [-0.3, -0.25) is 14.9 Å². The van der Waals surface area contributed by atoms with E-state index in [4.69, 9.17) is 5.14 Å². The topological polar surface area (TPSA) is 72.5 Å². The Morgan fingerprint density at radius 1 is 0.929 bits per heavy atom. The average Bonchev–Trinajstić information content (AvgIpc) is 3.29. The first kappa shape index (κ1) is 18.5. The molecule has 0 atom stereocenters. The van der Waals surface area contributed by atoms with Gasteiger partial charge in [-0.25, -0.2) is 0 Å². The fraction of sp³-hybridized carbons (Fsp3) is 0.182. The van der Waals surface area contributed by atoms with Gasteiger partial charge in [0.1, 0.15) is 5.69 Å². The van der Waals surface area contributed by atoms with Crippen LogP contribution in [0.15, 0.2) is 53.7 Å². The first-order valence-electron chi connectivity index (χ1n) is 9.11. The molecule has 3 N–H and O–H groups in total. The molecular formula is C22H23N5S. The van der Waals surface area contributed by atoms with Gasteiger partial charge in [0.25, 0.3) is 0 Å². The number of nitrogens with two attached hydrogens (primary N) is 1. The van der Waals surface area contributed by atoms with Gasteiger partial charge in [0.05, 0.1) is 6.20 Å². The molecule has 2 aromatic heterocycles. The van der Waals surface area contributed by atoms with E-state index >= 15 is 0 Å². The van der Waals surface area contributed by atoms with Crippen molar-refractivity contribution in [2.45, 2.75) is 25.7 Å². The number of H-pyrrole nitrogens is 1. The molecule has 0 aliphatic heterocycles. The summed E-state index contributed by atoms with van der Waals surface area (Å²) in [7, 11) is 1.91. The summed E-state index contributed by atoms with van der Waals surface area (Å²) < 4.78 is 1.79. The number of benzene rings is 2. The average molecular weight is 390 g/mol. The Balaban J connectivity index is 1.74. The third-order valence-corrected chi connectivity index (χ3v) is 5.97. The van der Waals surface area contributed by atoms with E-state index in [-0.39, 0.29) is 0 Å². The second-order valence-electron chi connectivity index (χ2n) is 7.03. The number of nitrogens with zero attached hydrogens (tertiary/aromatic N) is 3. The lowest BCUT2D eigenvalue weighted by atomic mass is 9.94. The largest absolute Gasteiger partial charge is 0.282 e. The van der Waals surface area contributed by atoms with E-state index in [9.17, 15) is 0 Å². The quantitative estimate of drug-likeness (QED) is 0.480. The standard InChI is InChI=1S/C22H23N5S/c1-13-14(2)20(28-23)10-9-19(13)16-5-7-17(8-6-16)21-15(3)25-26-22(21)18-11-24-27(4)12-18/h5-12H,23H2,1-4H3,(H,25,26). The molecule has 0 amide bonds. The zero-order valence-electron chi connectivity index (χ0n) is 16.4. The van der Waals surface area contributed by atoms with Gasteiger partial charge >= 0.3 is 0 Å².